The Kier molecular flexibility index (Phi) is 3.44. The van der Waals surface area contributed by atoms with Crippen molar-refractivity contribution < 1.29 is 4.42 Å². The second-order valence-corrected chi connectivity index (χ2v) is 6.68. The summed E-state index contributed by atoms with van der Waals surface area (Å²) < 4.78 is 6.76. The Balaban J connectivity index is 1.92. The third-order valence-electron chi connectivity index (χ3n) is 3.38. The summed E-state index contributed by atoms with van der Waals surface area (Å²) in [5.41, 5.74) is 0.570. The lowest BCUT2D eigenvalue weighted by Crippen LogP contribution is -2.20. The summed E-state index contributed by atoms with van der Waals surface area (Å²) in [4.78, 5) is 19.0. The van der Waals surface area contributed by atoms with Crippen LogP contribution in [0, 0.1) is 6.92 Å². The monoisotopic (exact) mass is 341 g/mol. The van der Waals surface area contributed by atoms with Gasteiger partial charge in [0, 0.05) is 15.8 Å². The van der Waals surface area contributed by atoms with Gasteiger partial charge in [0.2, 0.25) is 0 Å². The van der Waals surface area contributed by atoms with E-state index in [1.807, 2.05) is 29.0 Å². The van der Waals surface area contributed by atoms with Crippen LogP contribution in [0.2, 0.25) is 0 Å². The zero-order valence-corrected chi connectivity index (χ0v) is 13.7. The average Bonchev–Trinajstić information content (AvgIpc) is 3.28. The molecular weight excluding hydrogens is 330 g/mol. The lowest BCUT2D eigenvalue weighted by Gasteiger charge is -2.03. The van der Waals surface area contributed by atoms with E-state index in [1.165, 1.54) is 16.0 Å². The molecule has 5 nitrogen and oxygen atoms in total. The smallest absolute Gasteiger partial charge is 0.283 e. The van der Waals surface area contributed by atoms with Gasteiger partial charge in [-0.05, 0) is 30.5 Å². The fraction of sp³-hybridized carbons (Fsp3) is 0.0625. The molecule has 0 aromatic carbocycles. The van der Waals surface area contributed by atoms with Crippen molar-refractivity contribution in [3.63, 3.8) is 0 Å². The SMILES string of the molecule is Cc1nc2scc(-c3ccco3)c2c(=O)n1/N=C/c1cccs1. The molecule has 114 valence electrons. The normalized spacial score (nSPS) is 11.7. The molecular formula is C16H11N3O2S2. The van der Waals surface area contributed by atoms with Gasteiger partial charge in [-0.3, -0.25) is 4.79 Å². The molecule has 7 heteroatoms. The predicted molar refractivity (Wildman–Crippen MR) is 93.6 cm³/mol. The number of furan rings is 1. The molecule has 4 heterocycles. The van der Waals surface area contributed by atoms with Crippen LogP contribution < -0.4 is 5.56 Å². The topological polar surface area (TPSA) is 60.4 Å². The molecule has 23 heavy (non-hydrogen) atoms. The summed E-state index contributed by atoms with van der Waals surface area (Å²) >= 11 is 2.99. The van der Waals surface area contributed by atoms with Crippen molar-refractivity contribution in [3.05, 3.63) is 62.3 Å². The van der Waals surface area contributed by atoms with Crippen molar-refractivity contribution in [2.75, 3.05) is 0 Å². The zero-order valence-electron chi connectivity index (χ0n) is 12.1. The number of hydrogen-bond donors (Lipinski definition) is 0. The van der Waals surface area contributed by atoms with Crippen molar-refractivity contribution in [2.24, 2.45) is 5.10 Å². The highest BCUT2D eigenvalue weighted by Crippen LogP contribution is 2.31. The lowest BCUT2D eigenvalue weighted by atomic mass is 10.2. The molecule has 0 spiro atoms. The number of nitrogens with zero attached hydrogens (tertiary/aromatic N) is 3. The summed E-state index contributed by atoms with van der Waals surface area (Å²) in [6, 6.07) is 7.52. The highest BCUT2D eigenvalue weighted by molar-refractivity contribution is 7.17. The quantitative estimate of drug-likeness (QED) is 0.530. The molecule has 0 bridgehead atoms. The summed E-state index contributed by atoms with van der Waals surface area (Å²) in [7, 11) is 0. The first-order valence-electron chi connectivity index (χ1n) is 6.86. The van der Waals surface area contributed by atoms with Crippen molar-refractivity contribution in [2.45, 2.75) is 6.92 Å². The Morgan fingerprint density at radius 3 is 2.96 bits per heavy atom. The largest absolute Gasteiger partial charge is 0.464 e. The van der Waals surface area contributed by atoms with Gasteiger partial charge in [-0.1, -0.05) is 6.07 Å². The van der Waals surface area contributed by atoms with Crippen molar-refractivity contribution >= 4 is 39.1 Å². The van der Waals surface area contributed by atoms with E-state index in [0.29, 0.717) is 21.8 Å². The number of aryl methyl sites for hydroxylation is 1. The molecule has 0 aliphatic carbocycles. The molecule has 0 aliphatic rings. The fourth-order valence-corrected chi connectivity index (χ4v) is 3.86. The average molecular weight is 341 g/mol. The second kappa shape index (κ2) is 5.60. The van der Waals surface area contributed by atoms with Gasteiger partial charge >= 0.3 is 0 Å². The van der Waals surface area contributed by atoms with Gasteiger partial charge in [0.15, 0.2) is 0 Å². The molecule has 0 aliphatic heterocycles. The summed E-state index contributed by atoms with van der Waals surface area (Å²) in [6.45, 7) is 1.78. The minimum absolute atomic E-state index is 0.187. The minimum Gasteiger partial charge on any atom is -0.464 e. The van der Waals surface area contributed by atoms with E-state index in [0.717, 1.165) is 10.4 Å². The summed E-state index contributed by atoms with van der Waals surface area (Å²) in [5, 5.41) is 8.70. The molecule has 0 saturated heterocycles. The summed E-state index contributed by atoms with van der Waals surface area (Å²) in [6.07, 6.45) is 3.26. The first kappa shape index (κ1) is 14.1. The number of aromatic nitrogens is 2. The molecule has 4 aromatic rings. The second-order valence-electron chi connectivity index (χ2n) is 4.84. The fourth-order valence-electron chi connectivity index (χ4n) is 2.31. The van der Waals surface area contributed by atoms with Crippen LogP contribution in [-0.2, 0) is 0 Å². The molecule has 0 amide bonds. The van der Waals surface area contributed by atoms with Crippen LogP contribution in [0.1, 0.15) is 10.7 Å². The number of fused-ring (bicyclic) bond motifs is 1. The van der Waals surface area contributed by atoms with Crippen LogP contribution in [0.15, 0.2) is 55.6 Å². The third kappa shape index (κ3) is 2.43. The minimum atomic E-state index is -0.187. The zero-order chi connectivity index (χ0) is 15.8. The molecule has 0 unspecified atom stereocenters. The van der Waals surface area contributed by atoms with Gasteiger partial charge in [0.1, 0.15) is 16.4 Å². The van der Waals surface area contributed by atoms with E-state index in [-0.39, 0.29) is 5.56 Å². The van der Waals surface area contributed by atoms with Gasteiger partial charge in [-0.2, -0.15) is 9.78 Å². The van der Waals surface area contributed by atoms with Crippen molar-refractivity contribution in [1.29, 1.82) is 0 Å². The van der Waals surface area contributed by atoms with E-state index < -0.39 is 0 Å². The molecule has 0 fully saturated rings. The highest BCUT2D eigenvalue weighted by atomic mass is 32.1. The van der Waals surface area contributed by atoms with E-state index in [1.54, 1.807) is 36.8 Å². The Morgan fingerprint density at radius 1 is 1.30 bits per heavy atom. The van der Waals surface area contributed by atoms with Gasteiger partial charge < -0.3 is 4.42 Å². The van der Waals surface area contributed by atoms with E-state index in [2.05, 4.69) is 10.1 Å². The van der Waals surface area contributed by atoms with Crippen LogP contribution in [0.25, 0.3) is 21.5 Å². The number of hydrogen-bond acceptors (Lipinski definition) is 6. The van der Waals surface area contributed by atoms with Gasteiger partial charge in [0.25, 0.3) is 5.56 Å². The molecule has 0 atom stereocenters. The first-order valence-corrected chi connectivity index (χ1v) is 8.62. The predicted octanol–water partition coefficient (Wildman–Crippen LogP) is 3.97. The Hall–Kier alpha value is -2.51. The van der Waals surface area contributed by atoms with Crippen molar-refractivity contribution in [1.82, 2.24) is 9.66 Å². The maximum absolute atomic E-state index is 12.9. The van der Waals surface area contributed by atoms with E-state index >= 15 is 0 Å². The standard InChI is InChI=1S/C16H11N3O2S2/c1-10-18-15-14(12(9-23-15)13-5-2-6-21-13)16(20)19(10)17-8-11-4-3-7-22-11/h2-9H,1H3/b17-8+. The molecule has 4 aromatic heterocycles. The van der Waals surface area contributed by atoms with Crippen LogP contribution in [0.3, 0.4) is 0 Å². The Bertz CT molecular complexity index is 1040. The first-order chi connectivity index (χ1) is 11.2. The molecule has 4 rings (SSSR count). The maximum atomic E-state index is 12.9. The van der Waals surface area contributed by atoms with Crippen molar-refractivity contribution in [3.8, 4) is 11.3 Å². The molecule has 0 saturated carbocycles. The van der Waals surface area contributed by atoms with Gasteiger partial charge in [-0.15, -0.1) is 22.7 Å². The lowest BCUT2D eigenvalue weighted by molar-refractivity contribution is 0.583. The maximum Gasteiger partial charge on any atom is 0.283 e. The third-order valence-corrected chi connectivity index (χ3v) is 5.06. The van der Waals surface area contributed by atoms with Crippen LogP contribution in [0.4, 0.5) is 0 Å². The summed E-state index contributed by atoms with van der Waals surface area (Å²) in [5.74, 6) is 1.22. The van der Waals surface area contributed by atoms with Crippen LogP contribution in [0.5, 0.6) is 0 Å². The van der Waals surface area contributed by atoms with Gasteiger partial charge in [0.05, 0.1) is 17.9 Å². The van der Waals surface area contributed by atoms with Crippen LogP contribution >= 0.6 is 22.7 Å². The van der Waals surface area contributed by atoms with E-state index in [4.69, 9.17) is 4.42 Å². The molecule has 0 radical (unpaired) electrons. The number of rotatable bonds is 3. The van der Waals surface area contributed by atoms with Crippen LogP contribution in [-0.4, -0.2) is 15.9 Å². The highest BCUT2D eigenvalue weighted by Gasteiger charge is 2.16. The molecule has 0 N–H and O–H groups in total. The Labute approximate surface area is 139 Å². The number of thiophene rings is 2. The Morgan fingerprint density at radius 2 is 2.22 bits per heavy atom. The van der Waals surface area contributed by atoms with E-state index in [9.17, 15) is 4.79 Å². The van der Waals surface area contributed by atoms with Gasteiger partial charge in [-0.25, -0.2) is 4.98 Å².